The topological polar surface area (TPSA) is 102 Å². The Hall–Kier alpha value is -2.97. The first-order valence-electron chi connectivity index (χ1n) is 9.04. The van der Waals surface area contributed by atoms with Crippen LogP contribution in [-0.4, -0.2) is 40.1 Å². The van der Waals surface area contributed by atoms with Gasteiger partial charge in [0.2, 0.25) is 5.13 Å². The number of hydrogen-bond acceptors (Lipinski definition) is 7. The Balaban J connectivity index is 1.41. The van der Waals surface area contributed by atoms with Crippen LogP contribution in [0.25, 0.3) is 21.5 Å². The van der Waals surface area contributed by atoms with Crippen LogP contribution in [0.5, 0.6) is 5.75 Å². The van der Waals surface area contributed by atoms with E-state index >= 15 is 0 Å². The first-order valence-corrected chi connectivity index (χ1v) is 9.85. The van der Waals surface area contributed by atoms with Crippen LogP contribution in [0.1, 0.15) is 11.3 Å². The number of nitrogens with two attached hydrogens (primary N) is 1. The summed E-state index contributed by atoms with van der Waals surface area (Å²) in [6.45, 7) is 2.61. The average molecular weight is 395 g/mol. The monoisotopic (exact) mass is 394 g/mol. The highest BCUT2D eigenvalue weighted by Gasteiger charge is 2.12. The third-order valence-corrected chi connectivity index (χ3v) is 5.54. The molecular formula is C20H22N6OS. The minimum atomic E-state index is -0.0615. The number of aromatic amines is 1. The maximum Gasteiger partial charge on any atom is 0.206 e. The summed E-state index contributed by atoms with van der Waals surface area (Å²) in [6.07, 6.45) is 0.721. The van der Waals surface area contributed by atoms with Crippen molar-refractivity contribution in [3.05, 3.63) is 53.7 Å². The number of fused-ring (bicyclic) bond motifs is 1. The van der Waals surface area contributed by atoms with E-state index in [1.54, 1.807) is 7.11 Å². The van der Waals surface area contributed by atoms with Crippen LogP contribution >= 0.6 is 11.3 Å². The van der Waals surface area contributed by atoms with E-state index in [1.807, 2.05) is 43.3 Å². The van der Waals surface area contributed by atoms with Crippen molar-refractivity contribution in [1.82, 2.24) is 20.4 Å². The standard InChI is InChI=1S/C20H22N6OS/c1-12-16-10-14(7-8-17(16)24-23-12)19-25-26-20(28-19)22-11-15(21)9-13-5-3-4-6-18(13)27-2/h3-8,10,15H,9,11,21H2,1-2H3,(H,22,26)(H,23,24). The van der Waals surface area contributed by atoms with Crippen molar-refractivity contribution >= 4 is 27.4 Å². The molecule has 0 aliphatic carbocycles. The van der Waals surface area contributed by atoms with Crippen molar-refractivity contribution in [1.29, 1.82) is 0 Å². The Morgan fingerprint density at radius 3 is 2.93 bits per heavy atom. The molecule has 4 rings (SSSR count). The molecule has 2 aromatic heterocycles. The number of nitrogens with zero attached hydrogens (tertiary/aromatic N) is 3. The lowest BCUT2D eigenvalue weighted by molar-refractivity contribution is 0.408. The quantitative estimate of drug-likeness (QED) is 0.444. The van der Waals surface area contributed by atoms with Crippen molar-refractivity contribution in [2.45, 2.75) is 19.4 Å². The summed E-state index contributed by atoms with van der Waals surface area (Å²) in [6, 6.07) is 14.0. The van der Waals surface area contributed by atoms with Gasteiger partial charge < -0.3 is 15.8 Å². The molecule has 2 aromatic carbocycles. The van der Waals surface area contributed by atoms with Crippen LogP contribution in [0.2, 0.25) is 0 Å². The van der Waals surface area contributed by atoms with Gasteiger partial charge in [-0.2, -0.15) is 5.10 Å². The molecular weight excluding hydrogens is 372 g/mol. The highest BCUT2D eigenvalue weighted by atomic mass is 32.1. The van der Waals surface area contributed by atoms with Crippen molar-refractivity contribution in [2.75, 3.05) is 19.0 Å². The van der Waals surface area contributed by atoms with Crippen LogP contribution in [0.3, 0.4) is 0 Å². The average Bonchev–Trinajstić information content (AvgIpc) is 3.34. The predicted octanol–water partition coefficient (Wildman–Crippen LogP) is 3.38. The number of H-pyrrole nitrogens is 1. The summed E-state index contributed by atoms with van der Waals surface area (Å²) in [5, 5.41) is 21.8. The number of para-hydroxylation sites is 1. The molecule has 0 amide bonds. The van der Waals surface area contributed by atoms with Gasteiger partial charge in [0.15, 0.2) is 0 Å². The van der Waals surface area contributed by atoms with Crippen LogP contribution < -0.4 is 15.8 Å². The molecule has 0 fully saturated rings. The van der Waals surface area contributed by atoms with Gasteiger partial charge in [-0.25, -0.2) is 0 Å². The van der Waals surface area contributed by atoms with Gasteiger partial charge in [-0.05, 0) is 43.2 Å². The van der Waals surface area contributed by atoms with Gasteiger partial charge in [-0.15, -0.1) is 10.2 Å². The second kappa shape index (κ2) is 7.95. The highest BCUT2D eigenvalue weighted by molar-refractivity contribution is 7.18. The van der Waals surface area contributed by atoms with E-state index in [1.165, 1.54) is 11.3 Å². The second-order valence-electron chi connectivity index (χ2n) is 6.65. The number of benzene rings is 2. The van der Waals surface area contributed by atoms with Crippen molar-refractivity contribution in [2.24, 2.45) is 5.73 Å². The molecule has 0 saturated carbocycles. The zero-order valence-corrected chi connectivity index (χ0v) is 16.6. The van der Waals surface area contributed by atoms with Crippen LogP contribution in [0.15, 0.2) is 42.5 Å². The number of hydrogen-bond donors (Lipinski definition) is 3. The summed E-state index contributed by atoms with van der Waals surface area (Å²) < 4.78 is 5.39. The fourth-order valence-electron chi connectivity index (χ4n) is 3.13. The minimum absolute atomic E-state index is 0.0615. The van der Waals surface area contributed by atoms with Gasteiger partial charge in [-0.1, -0.05) is 29.5 Å². The van der Waals surface area contributed by atoms with E-state index in [9.17, 15) is 0 Å². The first kappa shape index (κ1) is 18.4. The molecule has 0 aliphatic rings. The molecule has 7 nitrogen and oxygen atoms in total. The fourth-order valence-corrected chi connectivity index (χ4v) is 3.87. The van der Waals surface area contributed by atoms with E-state index in [-0.39, 0.29) is 6.04 Å². The minimum Gasteiger partial charge on any atom is -0.496 e. The van der Waals surface area contributed by atoms with Gasteiger partial charge in [0.25, 0.3) is 0 Å². The lowest BCUT2D eigenvalue weighted by atomic mass is 10.1. The number of methoxy groups -OCH3 is 1. The zero-order valence-electron chi connectivity index (χ0n) is 15.8. The SMILES string of the molecule is COc1ccccc1CC(N)CNc1nnc(-c2ccc3n[nH]c(C)c3c2)s1. The molecule has 8 heteroatoms. The summed E-state index contributed by atoms with van der Waals surface area (Å²) >= 11 is 1.51. The van der Waals surface area contributed by atoms with E-state index in [2.05, 4.69) is 31.8 Å². The summed E-state index contributed by atoms with van der Waals surface area (Å²) in [7, 11) is 1.67. The third kappa shape index (κ3) is 3.83. The van der Waals surface area contributed by atoms with E-state index < -0.39 is 0 Å². The van der Waals surface area contributed by atoms with Gasteiger partial charge in [0, 0.05) is 29.2 Å². The molecule has 4 aromatic rings. The highest BCUT2D eigenvalue weighted by Crippen LogP contribution is 2.29. The van der Waals surface area contributed by atoms with Crippen molar-refractivity contribution < 1.29 is 4.74 Å². The maximum absolute atomic E-state index is 6.29. The van der Waals surface area contributed by atoms with E-state index in [4.69, 9.17) is 10.5 Å². The Morgan fingerprint density at radius 1 is 1.21 bits per heavy atom. The van der Waals surface area contributed by atoms with Crippen LogP contribution in [0.4, 0.5) is 5.13 Å². The normalized spacial score (nSPS) is 12.2. The Kier molecular flexibility index (Phi) is 5.23. The molecule has 0 bridgehead atoms. The molecule has 1 atom stereocenters. The van der Waals surface area contributed by atoms with Gasteiger partial charge in [0.05, 0.1) is 12.6 Å². The Bertz CT molecular complexity index is 1090. The lowest BCUT2D eigenvalue weighted by Crippen LogP contribution is -2.31. The number of aryl methyl sites for hydroxylation is 1. The third-order valence-electron chi connectivity index (χ3n) is 4.61. The number of nitrogens with one attached hydrogen (secondary N) is 2. The van der Waals surface area contributed by atoms with Crippen molar-refractivity contribution in [3.63, 3.8) is 0 Å². The maximum atomic E-state index is 6.29. The molecule has 144 valence electrons. The number of anilines is 1. The Labute approximate surface area is 167 Å². The van der Waals surface area contributed by atoms with Gasteiger partial charge in [0.1, 0.15) is 10.8 Å². The van der Waals surface area contributed by atoms with E-state index in [0.717, 1.165) is 50.0 Å². The number of aromatic nitrogens is 4. The molecule has 2 heterocycles. The lowest BCUT2D eigenvalue weighted by Gasteiger charge is -2.14. The predicted molar refractivity (Wildman–Crippen MR) is 113 cm³/mol. The summed E-state index contributed by atoms with van der Waals surface area (Å²) in [5.41, 5.74) is 10.4. The molecule has 28 heavy (non-hydrogen) atoms. The molecule has 4 N–H and O–H groups in total. The van der Waals surface area contributed by atoms with E-state index in [0.29, 0.717) is 6.54 Å². The molecule has 0 radical (unpaired) electrons. The van der Waals surface area contributed by atoms with Gasteiger partial charge in [-0.3, -0.25) is 5.10 Å². The van der Waals surface area contributed by atoms with Crippen LogP contribution in [0, 0.1) is 6.92 Å². The molecule has 0 spiro atoms. The smallest absolute Gasteiger partial charge is 0.206 e. The first-order chi connectivity index (χ1) is 13.6. The summed E-state index contributed by atoms with van der Waals surface area (Å²) in [4.78, 5) is 0. The molecule has 0 aliphatic heterocycles. The van der Waals surface area contributed by atoms with Crippen LogP contribution in [-0.2, 0) is 6.42 Å². The summed E-state index contributed by atoms with van der Waals surface area (Å²) in [5.74, 6) is 0.862. The van der Waals surface area contributed by atoms with Gasteiger partial charge >= 0.3 is 0 Å². The number of rotatable bonds is 7. The molecule has 0 saturated heterocycles. The zero-order chi connectivity index (χ0) is 19.5. The largest absolute Gasteiger partial charge is 0.496 e. The molecule has 1 unspecified atom stereocenters. The van der Waals surface area contributed by atoms with Crippen molar-refractivity contribution in [3.8, 4) is 16.3 Å². The fraction of sp³-hybridized carbons (Fsp3) is 0.250. The number of ether oxygens (including phenoxy) is 1. The Morgan fingerprint density at radius 2 is 2.07 bits per heavy atom. The second-order valence-corrected chi connectivity index (χ2v) is 7.63.